The molecule has 4 rings (SSSR count). The quantitative estimate of drug-likeness (QED) is 0.823. The van der Waals surface area contributed by atoms with Crippen LogP contribution >= 0.6 is 0 Å². The van der Waals surface area contributed by atoms with E-state index in [9.17, 15) is 0 Å². The van der Waals surface area contributed by atoms with Crippen LogP contribution in [0.3, 0.4) is 0 Å². The lowest BCUT2D eigenvalue weighted by Gasteiger charge is -2.47. The molecule has 1 aromatic rings. The maximum atomic E-state index is 5.72. The Morgan fingerprint density at radius 3 is 2.62 bits per heavy atom. The van der Waals surface area contributed by atoms with Crippen molar-refractivity contribution < 1.29 is 9.47 Å². The normalized spacial score (nSPS) is 28.9. The van der Waals surface area contributed by atoms with Gasteiger partial charge in [0.15, 0.2) is 5.76 Å². The van der Waals surface area contributed by atoms with Crippen LogP contribution in [0, 0.1) is 25.7 Å². The van der Waals surface area contributed by atoms with Gasteiger partial charge < -0.3 is 9.47 Å². The Balaban J connectivity index is 1.68. The summed E-state index contributed by atoms with van der Waals surface area (Å²) >= 11 is 0. The fraction of sp³-hybridized carbons (Fsp3) is 0.524. The summed E-state index contributed by atoms with van der Waals surface area (Å²) < 4.78 is 11.2. The van der Waals surface area contributed by atoms with Crippen molar-refractivity contribution in [2.24, 2.45) is 11.8 Å². The third-order valence-corrected chi connectivity index (χ3v) is 6.18. The largest absolute Gasteiger partial charge is 0.497 e. The molecule has 3 aliphatic rings. The highest BCUT2D eigenvalue weighted by atomic mass is 16.5. The van der Waals surface area contributed by atoms with E-state index in [2.05, 4.69) is 43.0 Å². The van der Waals surface area contributed by atoms with Crippen LogP contribution < -0.4 is 0 Å². The first kappa shape index (κ1) is 15.8. The minimum Gasteiger partial charge on any atom is -0.497 e. The Morgan fingerprint density at radius 2 is 1.88 bits per heavy atom. The molecule has 0 bridgehead atoms. The predicted octanol–water partition coefficient (Wildman–Crippen LogP) is 3.91. The lowest BCUT2D eigenvalue weighted by molar-refractivity contribution is 0.0516. The molecule has 3 nitrogen and oxygen atoms in total. The summed E-state index contributed by atoms with van der Waals surface area (Å²) in [7, 11) is 3.50. The average molecular weight is 325 g/mol. The summed E-state index contributed by atoms with van der Waals surface area (Å²) in [5.41, 5.74) is 5.94. The second-order valence-corrected chi connectivity index (χ2v) is 7.40. The van der Waals surface area contributed by atoms with Gasteiger partial charge >= 0.3 is 0 Å². The molecule has 0 spiro atoms. The molecule has 24 heavy (non-hydrogen) atoms. The van der Waals surface area contributed by atoms with Crippen molar-refractivity contribution in [2.45, 2.75) is 32.7 Å². The lowest BCUT2D eigenvalue weighted by Crippen LogP contribution is -2.47. The number of fused-ring (bicyclic) bond motifs is 4. The summed E-state index contributed by atoms with van der Waals surface area (Å²) in [5.74, 6) is 2.86. The molecule has 0 N–H and O–H groups in total. The minimum absolute atomic E-state index is 0.416. The first-order valence-electron chi connectivity index (χ1n) is 8.96. The molecule has 2 heterocycles. The molecule has 2 unspecified atom stereocenters. The van der Waals surface area contributed by atoms with Crippen LogP contribution in [0.2, 0.25) is 0 Å². The van der Waals surface area contributed by atoms with Crippen LogP contribution in [0.5, 0.6) is 0 Å². The molecule has 2 aliphatic heterocycles. The molecule has 1 saturated heterocycles. The fourth-order valence-electron chi connectivity index (χ4n) is 4.73. The first-order chi connectivity index (χ1) is 11.6. The lowest BCUT2D eigenvalue weighted by atomic mass is 9.74. The summed E-state index contributed by atoms with van der Waals surface area (Å²) in [4.78, 5) is 2.66. The number of ether oxygens (including phenoxy) is 2. The third-order valence-electron chi connectivity index (χ3n) is 6.18. The molecule has 0 aromatic heterocycles. The second-order valence-electron chi connectivity index (χ2n) is 7.40. The van der Waals surface area contributed by atoms with Crippen molar-refractivity contribution in [1.29, 1.82) is 0 Å². The zero-order chi connectivity index (χ0) is 16.8. The Kier molecular flexibility index (Phi) is 3.92. The SMILES string of the molecule is COC1=C(OC)C2CN3CCc4cc(C)c(C)cc4[C@H]3CC2C=C1. The second kappa shape index (κ2) is 5.96. The number of piperidine rings is 1. The molecule has 1 aliphatic carbocycles. The van der Waals surface area contributed by atoms with Gasteiger partial charge in [0.25, 0.3) is 0 Å². The van der Waals surface area contributed by atoms with Gasteiger partial charge in [-0.15, -0.1) is 0 Å². The number of rotatable bonds is 2. The molecule has 0 saturated carbocycles. The highest BCUT2D eigenvalue weighted by Crippen LogP contribution is 2.46. The molecule has 3 atom stereocenters. The number of allylic oxidation sites excluding steroid dienone is 2. The number of methoxy groups -OCH3 is 2. The Labute approximate surface area is 144 Å². The van der Waals surface area contributed by atoms with E-state index in [1.165, 1.54) is 17.5 Å². The Morgan fingerprint density at radius 1 is 1.08 bits per heavy atom. The highest BCUT2D eigenvalue weighted by molar-refractivity contribution is 5.41. The minimum atomic E-state index is 0.416. The number of benzene rings is 1. The van der Waals surface area contributed by atoms with E-state index in [1.807, 2.05) is 0 Å². The average Bonchev–Trinajstić information content (AvgIpc) is 2.60. The molecule has 128 valence electrons. The van der Waals surface area contributed by atoms with Crippen molar-refractivity contribution in [2.75, 3.05) is 27.3 Å². The predicted molar refractivity (Wildman–Crippen MR) is 95.7 cm³/mol. The van der Waals surface area contributed by atoms with Crippen molar-refractivity contribution in [1.82, 2.24) is 4.90 Å². The van der Waals surface area contributed by atoms with Crippen molar-refractivity contribution in [3.8, 4) is 0 Å². The van der Waals surface area contributed by atoms with Crippen LogP contribution in [0.1, 0.15) is 34.7 Å². The number of hydrogen-bond acceptors (Lipinski definition) is 3. The van der Waals surface area contributed by atoms with E-state index >= 15 is 0 Å². The van der Waals surface area contributed by atoms with Crippen LogP contribution in [-0.4, -0.2) is 32.2 Å². The molecule has 1 fully saturated rings. The highest BCUT2D eigenvalue weighted by Gasteiger charge is 2.42. The van der Waals surface area contributed by atoms with Crippen LogP contribution in [0.15, 0.2) is 35.8 Å². The molecule has 0 radical (unpaired) electrons. The maximum Gasteiger partial charge on any atom is 0.156 e. The van der Waals surface area contributed by atoms with Gasteiger partial charge in [0, 0.05) is 25.0 Å². The molecule has 1 aromatic carbocycles. The summed E-state index contributed by atoms with van der Waals surface area (Å²) in [5, 5.41) is 0. The zero-order valence-electron chi connectivity index (χ0n) is 15.1. The van der Waals surface area contributed by atoms with E-state index in [0.717, 1.165) is 31.0 Å². The fourth-order valence-corrected chi connectivity index (χ4v) is 4.73. The molecule has 3 heteroatoms. The van der Waals surface area contributed by atoms with E-state index in [4.69, 9.17) is 9.47 Å². The molecular formula is C21H27NO2. The molecule has 0 amide bonds. The van der Waals surface area contributed by atoms with Crippen molar-refractivity contribution in [3.63, 3.8) is 0 Å². The Hall–Kier alpha value is -1.74. The monoisotopic (exact) mass is 325 g/mol. The van der Waals surface area contributed by atoms with Crippen LogP contribution in [0.25, 0.3) is 0 Å². The summed E-state index contributed by atoms with van der Waals surface area (Å²) in [6.45, 7) is 6.66. The molecular weight excluding hydrogens is 298 g/mol. The smallest absolute Gasteiger partial charge is 0.156 e. The van der Waals surface area contributed by atoms with Crippen molar-refractivity contribution >= 4 is 0 Å². The van der Waals surface area contributed by atoms with Crippen LogP contribution in [-0.2, 0) is 15.9 Å². The maximum absolute atomic E-state index is 5.72. The summed E-state index contributed by atoms with van der Waals surface area (Å²) in [6, 6.07) is 5.39. The van der Waals surface area contributed by atoms with Gasteiger partial charge in [-0.3, -0.25) is 4.90 Å². The number of hydrogen-bond donors (Lipinski definition) is 0. The first-order valence-corrected chi connectivity index (χ1v) is 8.96. The van der Waals surface area contributed by atoms with Gasteiger partial charge in [-0.05, 0) is 60.9 Å². The van der Waals surface area contributed by atoms with Gasteiger partial charge in [0.05, 0.1) is 14.2 Å². The van der Waals surface area contributed by atoms with Gasteiger partial charge in [-0.2, -0.15) is 0 Å². The van der Waals surface area contributed by atoms with Gasteiger partial charge in [0.1, 0.15) is 5.76 Å². The number of nitrogens with zero attached hydrogens (tertiary/aromatic N) is 1. The van der Waals surface area contributed by atoms with E-state index in [-0.39, 0.29) is 0 Å². The standard InChI is InChI=1S/C21H27NO2/c1-13-9-16-7-8-22-12-18-15(5-6-20(23-3)21(18)24-4)11-19(22)17(16)10-14(13)2/h5-6,9-10,15,18-19H,7-8,11-12H2,1-4H3/t15?,18?,19-/m1/s1. The van der Waals surface area contributed by atoms with Gasteiger partial charge in [-0.25, -0.2) is 0 Å². The third kappa shape index (κ3) is 2.37. The van der Waals surface area contributed by atoms with Crippen molar-refractivity contribution in [3.05, 3.63) is 58.1 Å². The van der Waals surface area contributed by atoms with E-state index in [0.29, 0.717) is 17.9 Å². The van der Waals surface area contributed by atoms with Gasteiger partial charge in [0.2, 0.25) is 0 Å². The summed E-state index contributed by atoms with van der Waals surface area (Å²) in [6.07, 6.45) is 6.75. The zero-order valence-corrected chi connectivity index (χ0v) is 15.1. The van der Waals surface area contributed by atoms with E-state index in [1.54, 1.807) is 25.3 Å². The van der Waals surface area contributed by atoms with E-state index < -0.39 is 0 Å². The van der Waals surface area contributed by atoms with Crippen LogP contribution in [0.4, 0.5) is 0 Å². The topological polar surface area (TPSA) is 21.7 Å². The Bertz CT molecular complexity index is 719. The van der Waals surface area contributed by atoms with Gasteiger partial charge in [-0.1, -0.05) is 18.2 Å². The number of aryl methyl sites for hydroxylation is 2.